The molecule has 140 valence electrons. The molecule has 1 atom stereocenters. The zero-order chi connectivity index (χ0) is 19.4. The van der Waals surface area contributed by atoms with Crippen LogP contribution in [0.2, 0.25) is 5.02 Å². The lowest BCUT2D eigenvalue weighted by Gasteiger charge is -2.18. The Hall–Kier alpha value is -2.86. The van der Waals surface area contributed by atoms with Crippen molar-refractivity contribution in [2.45, 2.75) is 19.9 Å². The van der Waals surface area contributed by atoms with E-state index >= 15 is 0 Å². The Balaban J connectivity index is 1.62. The molecule has 0 aliphatic carbocycles. The third-order valence-corrected chi connectivity index (χ3v) is 4.61. The smallest absolute Gasteiger partial charge is 0.227 e. The highest BCUT2D eigenvalue weighted by Gasteiger charge is 2.35. The summed E-state index contributed by atoms with van der Waals surface area (Å²) in [5.41, 5.74) is 2.22. The van der Waals surface area contributed by atoms with Gasteiger partial charge < -0.3 is 15.5 Å². The first-order chi connectivity index (χ1) is 12.9. The van der Waals surface area contributed by atoms with Crippen LogP contribution in [-0.4, -0.2) is 24.3 Å². The van der Waals surface area contributed by atoms with E-state index in [0.29, 0.717) is 29.5 Å². The lowest BCUT2D eigenvalue weighted by Crippen LogP contribution is -2.32. The molecule has 2 N–H and O–H groups in total. The summed E-state index contributed by atoms with van der Waals surface area (Å²) < 4.78 is 0. The predicted octanol–water partition coefficient (Wildman–Crippen LogP) is 2.97. The minimum Gasteiger partial charge on any atom is -0.352 e. The number of amides is 3. The van der Waals surface area contributed by atoms with Gasteiger partial charge in [-0.1, -0.05) is 29.8 Å². The van der Waals surface area contributed by atoms with Gasteiger partial charge in [-0.15, -0.1) is 0 Å². The van der Waals surface area contributed by atoms with Crippen LogP contribution in [0.1, 0.15) is 18.9 Å². The number of rotatable bonds is 5. The molecule has 1 aliphatic heterocycles. The molecule has 0 unspecified atom stereocenters. The van der Waals surface area contributed by atoms with Crippen molar-refractivity contribution in [1.29, 1.82) is 0 Å². The van der Waals surface area contributed by atoms with Crippen LogP contribution in [0.5, 0.6) is 0 Å². The van der Waals surface area contributed by atoms with Crippen LogP contribution in [0.4, 0.5) is 11.4 Å². The number of benzene rings is 2. The average Bonchev–Trinajstić information content (AvgIpc) is 3.02. The molecule has 3 amide bonds. The van der Waals surface area contributed by atoms with E-state index in [0.717, 1.165) is 5.56 Å². The number of nitrogens with zero attached hydrogens (tertiary/aromatic N) is 1. The molecule has 1 heterocycles. The van der Waals surface area contributed by atoms with Crippen LogP contribution in [0.15, 0.2) is 48.5 Å². The summed E-state index contributed by atoms with van der Waals surface area (Å²) in [6.45, 7) is 2.13. The largest absolute Gasteiger partial charge is 0.352 e. The van der Waals surface area contributed by atoms with Gasteiger partial charge in [-0.25, -0.2) is 0 Å². The number of anilines is 2. The van der Waals surface area contributed by atoms with Crippen molar-refractivity contribution in [2.24, 2.45) is 5.92 Å². The van der Waals surface area contributed by atoms with E-state index < -0.39 is 5.92 Å². The second-order valence-electron chi connectivity index (χ2n) is 6.48. The lowest BCUT2D eigenvalue weighted by molar-refractivity contribution is -0.126. The summed E-state index contributed by atoms with van der Waals surface area (Å²) >= 11 is 5.85. The van der Waals surface area contributed by atoms with Gasteiger partial charge in [0.2, 0.25) is 17.7 Å². The van der Waals surface area contributed by atoms with Gasteiger partial charge in [0.15, 0.2) is 0 Å². The Bertz CT molecular complexity index is 867. The van der Waals surface area contributed by atoms with Gasteiger partial charge in [0, 0.05) is 42.8 Å². The Morgan fingerprint density at radius 3 is 2.63 bits per heavy atom. The van der Waals surface area contributed by atoms with Crippen LogP contribution < -0.4 is 15.5 Å². The summed E-state index contributed by atoms with van der Waals surface area (Å²) in [5, 5.41) is 6.21. The summed E-state index contributed by atoms with van der Waals surface area (Å²) in [5.74, 6) is -0.853. The summed E-state index contributed by atoms with van der Waals surface area (Å²) in [4.78, 5) is 37.6. The molecule has 6 nitrogen and oxygen atoms in total. The van der Waals surface area contributed by atoms with Gasteiger partial charge in [0.1, 0.15) is 0 Å². The maximum atomic E-state index is 12.4. The fourth-order valence-corrected chi connectivity index (χ4v) is 3.15. The molecule has 2 aromatic carbocycles. The molecular weight excluding hydrogens is 366 g/mol. The quantitative estimate of drug-likeness (QED) is 0.830. The van der Waals surface area contributed by atoms with Crippen LogP contribution >= 0.6 is 11.6 Å². The van der Waals surface area contributed by atoms with Gasteiger partial charge >= 0.3 is 0 Å². The normalized spacial score (nSPS) is 16.3. The maximum Gasteiger partial charge on any atom is 0.227 e. The topological polar surface area (TPSA) is 78.5 Å². The van der Waals surface area contributed by atoms with E-state index in [9.17, 15) is 14.4 Å². The zero-order valence-electron chi connectivity index (χ0n) is 14.9. The first-order valence-electron chi connectivity index (χ1n) is 8.62. The molecule has 3 rings (SSSR count). The molecule has 2 aromatic rings. The molecule has 1 fully saturated rings. The monoisotopic (exact) mass is 385 g/mol. The Morgan fingerprint density at radius 2 is 1.93 bits per heavy atom. The molecule has 1 saturated heterocycles. The highest BCUT2D eigenvalue weighted by molar-refractivity contribution is 6.30. The van der Waals surface area contributed by atoms with Gasteiger partial charge in [-0.3, -0.25) is 14.4 Å². The van der Waals surface area contributed by atoms with Crippen molar-refractivity contribution in [3.63, 3.8) is 0 Å². The van der Waals surface area contributed by atoms with Crippen molar-refractivity contribution in [2.75, 3.05) is 16.8 Å². The average molecular weight is 386 g/mol. The highest BCUT2D eigenvalue weighted by atomic mass is 35.5. The molecule has 27 heavy (non-hydrogen) atoms. The van der Waals surface area contributed by atoms with Crippen molar-refractivity contribution < 1.29 is 14.4 Å². The number of halogens is 1. The first-order valence-corrected chi connectivity index (χ1v) is 9.00. The van der Waals surface area contributed by atoms with Crippen LogP contribution in [0.3, 0.4) is 0 Å². The highest BCUT2D eigenvalue weighted by Crippen LogP contribution is 2.27. The van der Waals surface area contributed by atoms with Crippen LogP contribution in [-0.2, 0) is 20.9 Å². The first kappa shape index (κ1) is 18.9. The minimum atomic E-state index is -0.408. The van der Waals surface area contributed by atoms with Crippen molar-refractivity contribution >= 4 is 40.7 Å². The summed E-state index contributed by atoms with van der Waals surface area (Å²) in [6, 6.07) is 14.3. The SMILES string of the molecule is CC(=O)Nc1cccc(N2C[C@@H](C(=O)NCc3ccc(Cl)cc3)CC2=O)c1. The van der Waals surface area contributed by atoms with Gasteiger partial charge in [0.05, 0.1) is 5.92 Å². The minimum absolute atomic E-state index is 0.110. The number of carbonyl (C=O) groups excluding carboxylic acids is 3. The fraction of sp³-hybridized carbons (Fsp3) is 0.250. The predicted molar refractivity (Wildman–Crippen MR) is 105 cm³/mol. The van der Waals surface area contributed by atoms with Crippen LogP contribution in [0, 0.1) is 5.92 Å². The van der Waals surface area contributed by atoms with E-state index in [4.69, 9.17) is 11.6 Å². The van der Waals surface area contributed by atoms with Gasteiger partial charge in [-0.2, -0.15) is 0 Å². The molecule has 7 heteroatoms. The van der Waals surface area contributed by atoms with E-state index in [1.54, 1.807) is 41.3 Å². The van der Waals surface area contributed by atoms with E-state index in [2.05, 4.69) is 10.6 Å². The molecule has 0 aromatic heterocycles. The van der Waals surface area contributed by atoms with Crippen molar-refractivity contribution in [1.82, 2.24) is 5.32 Å². The van der Waals surface area contributed by atoms with Crippen molar-refractivity contribution in [3.05, 3.63) is 59.1 Å². The molecule has 0 bridgehead atoms. The summed E-state index contributed by atoms with van der Waals surface area (Å²) in [6.07, 6.45) is 0.164. The second-order valence-corrected chi connectivity index (χ2v) is 6.92. The molecule has 0 saturated carbocycles. The lowest BCUT2D eigenvalue weighted by atomic mass is 10.1. The Kier molecular flexibility index (Phi) is 5.76. The summed E-state index contributed by atoms with van der Waals surface area (Å²) in [7, 11) is 0. The van der Waals surface area contributed by atoms with Crippen molar-refractivity contribution in [3.8, 4) is 0 Å². The van der Waals surface area contributed by atoms with Gasteiger partial charge in [0.25, 0.3) is 0 Å². The zero-order valence-corrected chi connectivity index (χ0v) is 15.6. The third-order valence-electron chi connectivity index (χ3n) is 4.35. The molecule has 0 radical (unpaired) electrons. The number of hydrogen-bond acceptors (Lipinski definition) is 3. The number of nitrogens with one attached hydrogen (secondary N) is 2. The van der Waals surface area contributed by atoms with Gasteiger partial charge in [-0.05, 0) is 35.9 Å². The van der Waals surface area contributed by atoms with E-state index in [1.165, 1.54) is 6.92 Å². The number of hydrogen-bond donors (Lipinski definition) is 2. The maximum absolute atomic E-state index is 12.4. The molecular formula is C20H20ClN3O3. The van der Waals surface area contributed by atoms with E-state index in [-0.39, 0.29) is 24.1 Å². The number of carbonyl (C=O) groups is 3. The Labute approximate surface area is 162 Å². The van der Waals surface area contributed by atoms with Crippen LogP contribution in [0.25, 0.3) is 0 Å². The Morgan fingerprint density at radius 1 is 1.19 bits per heavy atom. The molecule has 1 aliphatic rings. The fourth-order valence-electron chi connectivity index (χ4n) is 3.02. The molecule has 0 spiro atoms. The van der Waals surface area contributed by atoms with E-state index in [1.807, 2.05) is 12.1 Å². The standard InChI is InChI=1S/C20H20ClN3O3/c1-13(25)23-17-3-2-4-18(10-17)24-12-15(9-19(24)26)20(27)22-11-14-5-7-16(21)8-6-14/h2-8,10,15H,9,11-12H2,1H3,(H,22,27)(H,23,25)/t15-/m0/s1. The second kappa shape index (κ2) is 8.22. The third kappa shape index (κ3) is 4.86.